The monoisotopic (exact) mass is 298 g/mol. The molecule has 1 aliphatic rings. The number of hydrogen-bond acceptors (Lipinski definition) is 3. The van der Waals surface area contributed by atoms with Crippen molar-refractivity contribution < 1.29 is 9.29 Å². The molecule has 0 saturated carbocycles. The minimum Gasteiger partial charge on any atom is -0.608 e. The van der Waals surface area contributed by atoms with Gasteiger partial charge in [0.1, 0.15) is 5.75 Å². The van der Waals surface area contributed by atoms with Crippen LogP contribution in [0, 0.1) is 0 Å². The van der Waals surface area contributed by atoms with Crippen LogP contribution in [0.4, 0.5) is 0 Å². The molecule has 2 aromatic carbocycles. The molecule has 4 rings (SSSR count). The van der Waals surface area contributed by atoms with Gasteiger partial charge in [-0.2, -0.15) is 4.98 Å². The van der Waals surface area contributed by atoms with Crippen molar-refractivity contribution in [1.82, 2.24) is 9.55 Å². The van der Waals surface area contributed by atoms with Crippen molar-refractivity contribution in [2.45, 2.75) is 17.0 Å². The lowest BCUT2D eigenvalue weighted by molar-refractivity contribution is 0.415. The van der Waals surface area contributed by atoms with E-state index in [2.05, 4.69) is 4.98 Å². The second-order valence-electron chi connectivity index (χ2n) is 5.06. The Balaban J connectivity index is 1.81. The molecule has 0 bridgehead atoms. The van der Waals surface area contributed by atoms with Gasteiger partial charge in [-0.05, 0) is 12.1 Å². The quantitative estimate of drug-likeness (QED) is 0.684. The first-order valence-corrected chi connectivity index (χ1v) is 7.99. The molecule has 0 aliphatic carbocycles. The Bertz CT molecular complexity index is 801. The number of methoxy groups -OCH3 is 1. The lowest BCUT2D eigenvalue weighted by Gasteiger charge is -2.11. The van der Waals surface area contributed by atoms with Gasteiger partial charge in [-0.1, -0.05) is 30.3 Å². The van der Waals surface area contributed by atoms with E-state index in [4.69, 9.17) is 4.74 Å². The second kappa shape index (κ2) is 4.79. The lowest BCUT2D eigenvalue weighted by Crippen LogP contribution is -2.09. The maximum atomic E-state index is 12.7. The van der Waals surface area contributed by atoms with Gasteiger partial charge in [-0.3, -0.25) is 4.57 Å². The highest BCUT2D eigenvalue weighted by molar-refractivity contribution is 7.91. The molecule has 3 aromatic rings. The van der Waals surface area contributed by atoms with E-state index in [0.29, 0.717) is 11.7 Å². The molecular formula is C16H14N2O2S. The van der Waals surface area contributed by atoms with E-state index in [1.54, 1.807) is 7.11 Å². The van der Waals surface area contributed by atoms with Crippen molar-refractivity contribution in [3.63, 3.8) is 0 Å². The number of rotatable bonds is 2. The highest BCUT2D eigenvalue weighted by Gasteiger charge is 2.39. The van der Waals surface area contributed by atoms with Crippen molar-refractivity contribution in [3.05, 3.63) is 54.1 Å². The molecule has 2 heterocycles. The topological polar surface area (TPSA) is 50.1 Å². The zero-order chi connectivity index (χ0) is 14.4. The van der Waals surface area contributed by atoms with Gasteiger partial charge in [-0.25, -0.2) is 0 Å². The first-order valence-electron chi connectivity index (χ1n) is 6.78. The van der Waals surface area contributed by atoms with E-state index in [9.17, 15) is 4.55 Å². The lowest BCUT2D eigenvalue weighted by atomic mass is 10.1. The molecule has 106 valence electrons. The third-order valence-corrected chi connectivity index (χ3v) is 5.49. The standard InChI is InChI=1S/C16H14N2O2S/c1-20-12-7-8-13-14(9-12)18-10-15(21(19)16(18)17-13)11-5-3-2-4-6-11/h2-9,15H,10H2,1H3. The molecule has 2 atom stereocenters. The average molecular weight is 298 g/mol. The highest BCUT2D eigenvalue weighted by Crippen LogP contribution is 2.39. The van der Waals surface area contributed by atoms with Crippen molar-refractivity contribution in [1.29, 1.82) is 0 Å². The summed E-state index contributed by atoms with van der Waals surface area (Å²) in [6, 6.07) is 15.7. The number of ether oxygens (including phenoxy) is 1. The summed E-state index contributed by atoms with van der Waals surface area (Å²) in [5.74, 6) is 0.791. The van der Waals surface area contributed by atoms with Crippen LogP contribution in [0.15, 0.2) is 53.7 Å². The highest BCUT2D eigenvalue weighted by atomic mass is 32.2. The van der Waals surface area contributed by atoms with Crippen LogP contribution in [0.3, 0.4) is 0 Å². The minimum absolute atomic E-state index is 0.0238. The molecule has 1 aromatic heterocycles. The van der Waals surface area contributed by atoms with Crippen LogP contribution in [0.2, 0.25) is 0 Å². The number of nitrogens with zero attached hydrogens (tertiary/aromatic N) is 2. The van der Waals surface area contributed by atoms with E-state index in [1.807, 2.05) is 53.1 Å². The summed E-state index contributed by atoms with van der Waals surface area (Å²) >= 11 is -1.12. The van der Waals surface area contributed by atoms with Crippen molar-refractivity contribution in [2.24, 2.45) is 0 Å². The summed E-state index contributed by atoms with van der Waals surface area (Å²) in [7, 11) is 1.65. The predicted octanol–water partition coefficient (Wildman–Crippen LogP) is 2.91. The predicted molar refractivity (Wildman–Crippen MR) is 81.9 cm³/mol. The number of hydrogen-bond donors (Lipinski definition) is 0. The average Bonchev–Trinajstić information content (AvgIpc) is 3.05. The van der Waals surface area contributed by atoms with E-state index in [-0.39, 0.29) is 5.25 Å². The van der Waals surface area contributed by atoms with Crippen LogP contribution in [0.1, 0.15) is 10.8 Å². The van der Waals surface area contributed by atoms with Crippen LogP contribution < -0.4 is 4.74 Å². The Morgan fingerprint density at radius 1 is 1.24 bits per heavy atom. The van der Waals surface area contributed by atoms with Gasteiger partial charge in [0.2, 0.25) is 0 Å². The van der Waals surface area contributed by atoms with Crippen LogP contribution in [0.25, 0.3) is 11.0 Å². The van der Waals surface area contributed by atoms with Crippen LogP contribution >= 0.6 is 0 Å². The summed E-state index contributed by atoms with van der Waals surface area (Å²) in [6.07, 6.45) is 0. The first-order chi connectivity index (χ1) is 10.3. The molecule has 2 unspecified atom stereocenters. The number of aromatic nitrogens is 2. The molecule has 1 aliphatic heterocycles. The van der Waals surface area contributed by atoms with Crippen molar-refractivity contribution >= 4 is 22.2 Å². The molecule has 0 radical (unpaired) electrons. The summed E-state index contributed by atoms with van der Waals surface area (Å²) in [5.41, 5.74) is 2.94. The van der Waals surface area contributed by atoms with Gasteiger partial charge in [0.15, 0.2) is 5.25 Å². The normalized spacial score (nSPS) is 20.7. The number of benzene rings is 2. The molecule has 0 amide bonds. The van der Waals surface area contributed by atoms with Crippen LogP contribution in [-0.2, 0) is 17.7 Å². The Morgan fingerprint density at radius 3 is 2.81 bits per heavy atom. The van der Waals surface area contributed by atoms with E-state index >= 15 is 0 Å². The zero-order valence-corrected chi connectivity index (χ0v) is 12.3. The maximum absolute atomic E-state index is 12.7. The maximum Gasteiger partial charge on any atom is 0.325 e. The third kappa shape index (κ3) is 1.92. The smallest absolute Gasteiger partial charge is 0.325 e. The van der Waals surface area contributed by atoms with Gasteiger partial charge < -0.3 is 9.29 Å². The fraction of sp³-hybridized carbons (Fsp3) is 0.188. The summed E-state index contributed by atoms with van der Waals surface area (Å²) in [6.45, 7) is 0.690. The molecule has 21 heavy (non-hydrogen) atoms. The van der Waals surface area contributed by atoms with E-state index < -0.39 is 11.2 Å². The minimum atomic E-state index is -1.12. The van der Waals surface area contributed by atoms with Crippen molar-refractivity contribution in [2.75, 3.05) is 7.11 Å². The summed E-state index contributed by atoms with van der Waals surface area (Å²) in [4.78, 5) is 4.53. The van der Waals surface area contributed by atoms with Gasteiger partial charge >= 0.3 is 5.16 Å². The molecular weight excluding hydrogens is 284 g/mol. The zero-order valence-electron chi connectivity index (χ0n) is 11.5. The fourth-order valence-electron chi connectivity index (χ4n) is 2.79. The summed E-state index contributed by atoms with van der Waals surface area (Å²) < 4.78 is 20.0. The molecule has 0 spiro atoms. The van der Waals surface area contributed by atoms with Crippen LogP contribution in [0.5, 0.6) is 5.75 Å². The van der Waals surface area contributed by atoms with Crippen LogP contribution in [-0.4, -0.2) is 21.2 Å². The molecule has 5 heteroatoms. The Morgan fingerprint density at radius 2 is 2.05 bits per heavy atom. The molecule has 4 nitrogen and oxygen atoms in total. The van der Waals surface area contributed by atoms with Gasteiger partial charge in [0.05, 0.1) is 24.7 Å². The van der Waals surface area contributed by atoms with Gasteiger partial charge in [0.25, 0.3) is 0 Å². The SMILES string of the molecule is COc1ccc2nc3n(c2c1)CC(c1ccccc1)[S+]3[O-]. The molecule has 0 N–H and O–H groups in total. The molecule has 0 saturated heterocycles. The second-order valence-corrected chi connectivity index (χ2v) is 6.59. The Hall–Kier alpha value is -1.98. The Kier molecular flexibility index (Phi) is 2.90. The van der Waals surface area contributed by atoms with Crippen molar-refractivity contribution in [3.8, 4) is 5.75 Å². The van der Waals surface area contributed by atoms with Gasteiger partial charge in [0, 0.05) is 22.8 Å². The molecule has 0 fully saturated rings. The van der Waals surface area contributed by atoms with E-state index in [0.717, 1.165) is 22.3 Å². The number of imidazole rings is 1. The fourth-order valence-corrected chi connectivity index (χ4v) is 4.32. The first kappa shape index (κ1) is 12.7. The number of fused-ring (bicyclic) bond motifs is 3. The summed E-state index contributed by atoms with van der Waals surface area (Å²) in [5, 5.41) is 0.636. The third-order valence-electron chi connectivity index (χ3n) is 3.88. The Labute approximate surface area is 125 Å². The largest absolute Gasteiger partial charge is 0.608 e. The van der Waals surface area contributed by atoms with E-state index in [1.165, 1.54) is 0 Å². The van der Waals surface area contributed by atoms with Gasteiger partial charge in [-0.15, -0.1) is 0 Å².